The van der Waals surface area contributed by atoms with Gasteiger partial charge in [-0.25, -0.2) is 4.99 Å². The van der Waals surface area contributed by atoms with Crippen LogP contribution < -0.4 is 5.32 Å². The highest BCUT2D eigenvalue weighted by Gasteiger charge is 2.20. The molecule has 1 N–H and O–H groups in total. The highest BCUT2D eigenvalue weighted by Crippen LogP contribution is 2.18. The van der Waals surface area contributed by atoms with E-state index in [1.807, 2.05) is 48.5 Å². The zero-order chi connectivity index (χ0) is 14.8. The molecule has 104 valence electrons. The summed E-state index contributed by atoms with van der Waals surface area (Å²) in [5.74, 6) is 0.395. The smallest absolute Gasteiger partial charge is 0.275 e. The number of carbonyl (C=O) groups is 1. The lowest BCUT2D eigenvalue weighted by atomic mass is 10.2. The van der Waals surface area contributed by atoms with E-state index in [0.29, 0.717) is 11.5 Å². The van der Waals surface area contributed by atoms with E-state index in [1.165, 1.54) is 0 Å². The van der Waals surface area contributed by atoms with E-state index < -0.39 is 0 Å². The molecule has 21 heavy (non-hydrogen) atoms. The van der Waals surface area contributed by atoms with Gasteiger partial charge in [0.05, 0.1) is 0 Å². The number of benzene rings is 2. The van der Waals surface area contributed by atoms with Gasteiger partial charge in [0.15, 0.2) is 0 Å². The molecule has 0 unspecified atom stereocenters. The van der Waals surface area contributed by atoms with E-state index in [1.54, 1.807) is 6.08 Å². The normalized spacial score (nSPS) is 16.0. The first-order valence-electron chi connectivity index (χ1n) is 6.25. The van der Waals surface area contributed by atoms with Crippen LogP contribution in [0.2, 0.25) is 0 Å². The summed E-state index contributed by atoms with van der Waals surface area (Å²) in [5, 5.41) is 2.79. The topological polar surface area (TPSA) is 41.5 Å². The summed E-state index contributed by atoms with van der Waals surface area (Å²) >= 11 is 6.77. The Bertz CT molecular complexity index is 747. The molecule has 1 amide bonds. The van der Waals surface area contributed by atoms with Crippen LogP contribution in [0.15, 0.2) is 68.2 Å². The predicted molar refractivity (Wildman–Crippen MR) is 90.9 cm³/mol. The summed E-state index contributed by atoms with van der Waals surface area (Å²) in [6.07, 6.45) is 1.77. The average molecular weight is 406 g/mol. The van der Waals surface area contributed by atoms with Crippen LogP contribution >= 0.6 is 31.9 Å². The Balaban J connectivity index is 1.91. The van der Waals surface area contributed by atoms with Gasteiger partial charge in [0, 0.05) is 14.5 Å². The van der Waals surface area contributed by atoms with Gasteiger partial charge >= 0.3 is 0 Å². The van der Waals surface area contributed by atoms with E-state index in [4.69, 9.17) is 0 Å². The van der Waals surface area contributed by atoms with Gasteiger partial charge in [-0.3, -0.25) is 4.79 Å². The standard InChI is InChI=1S/C16H10Br2N2O/c17-12-5-1-10(2-6-12)9-14-16(21)20-15(19-14)11-3-7-13(18)8-4-11/h1-9H,(H,19,20,21)/b14-9+. The second-order valence-corrected chi connectivity index (χ2v) is 6.33. The summed E-state index contributed by atoms with van der Waals surface area (Å²) < 4.78 is 1.99. The minimum absolute atomic E-state index is 0.184. The van der Waals surface area contributed by atoms with Crippen LogP contribution in [0.5, 0.6) is 0 Å². The average Bonchev–Trinajstić information content (AvgIpc) is 2.83. The number of hydrogen-bond donors (Lipinski definition) is 1. The molecule has 1 heterocycles. The monoisotopic (exact) mass is 404 g/mol. The first kappa shape index (κ1) is 14.2. The Kier molecular flexibility index (Phi) is 4.03. The fraction of sp³-hybridized carbons (Fsp3) is 0. The van der Waals surface area contributed by atoms with Gasteiger partial charge in [-0.15, -0.1) is 0 Å². The molecular formula is C16H10Br2N2O. The number of aliphatic imine (C=N–C) groups is 1. The van der Waals surface area contributed by atoms with Crippen LogP contribution in [0, 0.1) is 0 Å². The van der Waals surface area contributed by atoms with Crippen molar-refractivity contribution >= 4 is 49.7 Å². The van der Waals surface area contributed by atoms with Gasteiger partial charge in [0.1, 0.15) is 11.5 Å². The van der Waals surface area contributed by atoms with Crippen molar-refractivity contribution in [2.24, 2.45) is 4.99 Å². The second-order valence-electron chi connectivity index (χ2n) is 4.50. The molecule has 1 aliphatic heterocycles. The number of amides is 1. The zero-order valence-electron chi connectivity index (χ0n) is 10.8. The first-order chi connectivity index (χ1) is 10.1. The van der Waals surface area contributed by atoms with Crippen molar-refractivity contribution in [3.05, 3.63) is 74.3 Å². The number of rotatable bonds is 2. The molecule has 2 aromatic rings. The molecule has 0 atom stereocenters. The molecule has 5 heteroatoms. The van der Waals surface area contributed by atoms with E-state index >= 15 is 0 Å². The Hall–Kier alpha value is -1.72. The third-order valence-electron chi connectivity index (χ3n) is 2.99. The van der Waals surface area contributed by atoms with Crippen LogP contribution in [0.25, 0.3) is 6.08 Å². The van der Waals surface area contributed by atoms with Crippen molar-refractivity contribution in [3.63, 3.8) is 0 Å². The molecule has 0 bridgehead atoms. The van der Waals surface area contributed by atoms with Crippen molar-refractivity contribution in [2.45, 2.75) is 0 Å². The van der Waals surface area contributed by atoms with E-state index in [2.05, 4.69) is 42.2 Å². The van der Waals surface area contributed by atoms with Crippen LogP contribution in [-0.4, -0.2) is 11.7 Å². The fourth-order valence-corrected chi connectivity index (χ4v) is 2.46. The van der Waals surface area contributed by atoms with Crippen LogP contribution in [0.4, 0.5) is 0 Å². The quantitative estimate of drug-likeness (QED) is 0.750. The molecule has 0 saturated carbocycles. The minimum atomic E-state index is -0.184. The van der Waals surface area contributed by atoms with E-state index in [-0.39, 0.29) is 5.91 Å². The third kappa shape index (κ3) is 3.31. The maximum Gasteiger partial charge on any atom is 0.275 e. The highest BCUT2D eigenvalue weighted by atomic mass is 79.9. The largest absolute Gasteiger partial charge is 0.305 e. The molecule has 0 aromatic heterocycles. The fourth-order valence-electron chi connectivity index (χ4n) is 1.93. The predicted octanol–water partition coefficient (Wildman–Crippen LogP) is 4.13. The zero-order valence-corrected chi connectivity index (χ0v) is 14.0. The van der Waals surface area contributed by atoms with Crippen molar-refractivity contribution in [1.82, 2.24) is 5.32 Å². The summed E-state index contributed by atoms with van der Waals surface area (Å²) in [6, 6.07) is 15.4. The maximum atomic E-state index is 12.0. The van der Waals surface area contributed by atoms with Crippen molar-refractivity contribution in [3.8, 4) is 0 Å². The number of amidine groups is 1. The molecule has 3 rings (SSSR count). The van der Waals surface area contributed by atoms with E-state index in [9.17, 15) is 4.79 Å². The summed E-state index contributed by atoms with van der Waals surface area (Å²) in [4.78, 5) is 16.4. The van der Waals surface area contributed by atoms with E-state index in [0.717, 1.165) is 20.1 Å². The van der Waals surface area contributed by atoms with Crippen LogP contribution in [0.1, 0.15) is 11.1 Å². The van der Waals surface area contributed by atoms with Gasteiger partial charge in [-0.1, -0.05) is 56.1 Å². The molecule has 3 nitrogen and oxygen atoms in total. The van der Waals surface area contributed by atoms with Gasteiger partial charge in [-0.05, 0) is 35.9 Å². The first-order valence-corrected chi connectivity index (χ1v) is 7.84. The van der Waals surface area contributed by atoms with Gasteiger partial charge in [0.2, 0.25) is 0 Å². The number of hydrogen-bond acceptors (Lipinski definition) is 2. The molecule has 1 aliphatic rings. The van der Waals surface area contributed by atoms with Gasteiger partial charge in [-0.2, -0.15) is 0 Å². The molecule has 2 aromatic carbocycles. The summed E-state index contributed by atoms with van der Waals surface area (Å²) in [7, 11) is 0. The molecular weight excluding hydrogens is 396 g/mol. The van der Waals surface area contributed by atoms with Crippen LogP contribution in [-0.2, 0) is 4.79 Å². The van der Waals surface area contributed by atoms with Gasteiger partial charge < -0.3 is 5.32 Å². The number of nitrogens with one attached hydrogen (secondary N) is 1. The molecule has 0 fully saturated rings. The Labute approximate surface area is 139 Å². The molecule has 0 radical (unpaired) electrons. The molecule has 0 aliphatic carbocycles. The molecule has 0 saturated heterocycles. The van der Waals surface area contributed by atoms with Crippen molar-refractivity contribution in [1.29, 1.82) is 0 Å². The third-order valence-corrected chi connectivity index (χ3v) is 4.05. The molecule has 0 spiro atoms. The van der Waals surface area contributed by atoms with Crippen LogP contribution in [0.3, 0.4) is 0 Å². The Morgan fingerprint density at radius 2 is 1.48 bits per heavy atom. The highest BCUT2D eigenvalue weighted by molar-refractivity contribution is 9.10. The SMILES string of the molecule is O=C1NC(c2ccc(Br)cc2)=N/C1=C/c1ccc(Br)cc1. The second kappa shape index (κ2) is 5.95. The lowest BCUT2D eigenvalue weighted by Gasteiger charge is -1.99. The summed E-state index contributed by atoms with van der Waals surface area (Å²) in [5.41, 5.74) is 2.23. The summed E-state index contributed by atoms with van der Waals surface area (Å²) in [6.45, 7) is 0. The lowest BCUT2D eigenvalue weighted by molar-refractivity contribution is -0.115. The Morgan fingerprint density at radius 3 is 2.10 bits per heavy atom. The minimum Gasteiger partial charge on any atom is -0.305 e. The maximum absolute atomic E-state index is 12.0. The lowest BCUT2D eigenvalue weighted by Crippen LogP contribution is -2.24. The number of carbonyl (C=O) groups excluding carboxylic acids is 1. The van der Waals surface area contributed by atoms with Gasteiger partial charge in [0.25, 0.3) is 5.91 Å². The number of nitrogens with zero attached hydrogens (tertiary/aromatic N) is 1. The number of halogens is 2. The van der Waals surface area contributed by atoms with Crippen molar-refractivity contribution < 1.29 is 4.79 Å². The van der Waals surface area contributed by atoms with Crippen molar-refractivity contribution in [2.75, 3.05) is 0 Å². The Morgan fingerprint density at radius 1 is 0.905 bits per heavy atom.